The van der Waals surface area contributed by atoms with Crippen LogP contribution in [0.1, 0.15) is 27.9 Å². The molecule has 1 aliphatic carbocycles. The van der Waals surface area contributed by atoms with Crippen LogP contribution in [0.3, 0.4) is 0 Å². The van der Waals surface area contributed by atoms with Crippen molar-refractivity contribution < 1.29 is 19.0 Å². The SMILES string of the molecule is COc1ccc2c(c1)CC/C(=C/c1cccc3c1OCO3)C2=O. The van der Waals surface area contributed by atoms with Crippen LogP contribution in [0.4, 0.5) is 0 Å². The highest BCUT2D eigenvalue weighted by Crippen LogP contribution is 2.38. The van der Waals surface area contributed by atoms with Gasteiger partial charge in [-0.15, -0.1) is 0 Å². The highest BCUT2D eigenvalue weighted by Gasteiger charge is 2.24. The molecule has 0 aromatic heterocycles. The third kappa shape index (κ3) is 2.36. The zero-order valence-corrected chi connectivity index (χ0v) is 12.8. The summed E-state index contributed by atoms with van der Waals surface area (Å²) >= 11 is 0. The maximum absolute atomic E-state index is 12.7. The van der Waals surface area contributed by atoms with Crippen molar-refractivity contribution >= 4 is 11.9 Å². The van der Waals surface area contributed by atoms with Gasteiger partial charge in [0.2, 0.25) is 6.79 Å². The smallest absolute Gasteiger partial charge is 0.231 e. The van der Waals surface area contributed by atoms with E-state index in [1.54, 1.807) is 7.11 Å². The van der Waals surface area contributed by atoms with E-state index < -0.39 is 0 Å². The third-order valence-corrected chi connectivity index (χ3v) is 4.27. The van der Waals surface area contributed by atoms with Crippen LogP contribution in [0.5, 0.6) is 17.2 Å². The molecule has 0 unspecified atom stereocenters. The summed E-state index contributed by atoms with van der Waals surface area (Å²) in [4.78, 5) is 12.7. The molecule has 0 spiro atoms. The van der Waals surface area contributed by atoms with E-state index in [1.165, 1.54) is 0 Å². The summed E-state index contributed by atoms with van der Waals surface area (Å²) in [6, 6.07) is 11.3. The zero-order valence-electron chi connectivity index (χ0n) is 12.8. The number of rotatable bonds is 2. The van der Waals surface area contributed by atoms with Crippen molar-refractivity contribution in [3.63, 3.8) is 0 Å². The van der Waals surface area contributed by atoms with Crippen LogP contribution in [0.25, 0.3) is 6.08 Å². The van der Waals surface area contributed by atoms with Crippen LogP contribution in [0, 0.1) is 0 Å². The number of Topliss-reactive ketones (excluding diaryl/α,β-unsaturated/α-hetero) is 1. The van der Waals surface area contributed by atoms with E-state index in [2.05, 4.69) is 0 Å². The molecule has 23 heavy (non-hydrogen) atoms. The Bertz CT molecular complexity index is 820. The number of aryl methyl sites for hydroxylation is 1. The molecule has 2 aliphatic rings. The van der Waals surface area contributed by atoms with Gasteiger partial charge < -0.3 is 14.2 Å². The maximum Gasteiger partial charge on any atom is 0.231 e. The molecule has 0 atom stereocenters. The minimum atomic E-state index is 0.0745. The van der Waals surface area contributed by atoms with Gasteiger partial charge in [0.1, 0.15) is 5.75 Å². The predicted molar refractivity (Wildman–Crippen MR) is 86.2 cm³/mol. The molecule has 2 aromatic rings. The summed E-state index contributed by atoms with van der Waals surface area (Å²) in [5.74, 6) is 2.31. The van der Waals surface area contributed by atoms with E-state index in [9.17, 15) is 4.79 Å². The molecular formula is C19H16O4. The fourth-order valence-electron chi connectivity index (χ4n) is 3.07. The molecule has 0 N–H and O–H groups in total. The average molecular weight is 308 g/mol. The number of ether oxygens (including phenoxy) is 3. The van der Waals surface area contributed by atoms with Gasteiger partial charge in [-0.25, -0.2) is 0 Å². The van der Waals surface area contributed by atoms with Gasteiger partial charge in [-0.1, -0.05) is 12.1 Å². The minimum absolute atomic E-state index is 0.0745. The average Bonchev–Trinajstić information content (AvgIpc) is 3.06. The Morgan fingerprint density at radius 1 is 1.13 bits per heavy atom. The lowest BCUT2D eigenvalue weighted by Gasteiger charge is -2.18. The quantitative estimate of drug-likeness (QED) is 0.795. The highest BCUT2D eigenvalue weighted by molar-refractivity contribution is 6.13. The molecule has 0 fully saturated rings. The standard InChI is InChI=1S/C19H16O4/c1-21-15-7-8-16-12(10-15)5-6-13(18(16)20)9-14-3-2-4-17-19(14)23-11-22-17/h2-4,7-10H,5-6,11H2,1H3/b13-9-. The van der Waals surface area contributed by atoms with E-state index in [4.69, 9.17) is 14.2 Å². The number of para-hydroxylation sites is 1. The second-order valence-electron chi connectivity index (χ2n) is 5.60. The Kier molecular flexibility index (Phi) is 3.30. The minimum Gasteiger partial charge on any atom is -0.497 e. The topological polar surface area (TPSA) is 44.8 Å². The van der Waals surface area contributed by atoms with Gasteiger partial charge in [-0.2, -0.15) is 0 Å². The second kappa shape index (κ2) is 5.47. The fourth-order valence-corrected chi connectivity index (χ4v) is 3.07. The highest BCUT2D eigenvalue weighted by atomic mass is 16.7. The zero-order chi connectivity index (χ0) is 15.8. The van der Waals surface area contributed by atoms with Crippen LogP contribution in [-0.2, 0) is 6.42 Å². The van der Waals surface area contributed by atoms with Crippen molar-refractivity contribution in [2.45, 2.75) is 12.8 Å². The first-order valence-corrected chi connectivity index (χ1v) is 7.57. The molecular weight excluding hydrogens is 292 g/mol. The molecule has 116 valence electrons. The van der Waals surface area contributed by atoms with Crippen molar-refractivity contribution in [3.8, 4) is 17.2 Å². The predicted octanol–water partition coefficient (Wildman–Crippen LogP) is 3.64. The molecule has 1 aliphatic heterocycles. The lowest BCUT2D eigenvalue weighted by molar-refractivity contribution is 0.102. The molecule has 1 heterocycles. The molecule has 4 rings (SSSR count). The monoisotopic (exact) mass is 308 g/mol. The van der Waals surface area contributed by atoms with E-state index in [0.717, 1.165) is 40.2 Å². The van der Waals surface area contributed by atoms with Crippen LogP contribution in [-0.4, -0.2) is 19.7 Å². The van der Waals surface area contributed by atoms with E-state index in [1.807, 2.05) is 42.5 Å². The summed E-state index contributed by atoms with van der Waals surface area (Å²) in [6.07, 6.45) is 3.46. The largest absolute Gasteiger partial charge is 0.497 e. The number of hydrogen-bond acceptors (Lipinski definition) is 4. The Balaban J connectivity index is 1.71. The summed E-state index contributed by atoms with van der Waals surface area (Å²) in [5.41, 5.74) is 3.49. The van der Waals surface area contributed by atoms with Gasteiger partial charge in [0.05, 0.1) is 7.11 Å². The van der Waals surface area contributed by atoms with Crippen molar-refractivity contribution in [2.24, 2.45) is 0 Å². The van der Waals surface area contributed by atoms with Crippen molar-refractivity contribution in [1.82, 2.24) is 0 Å². The number of allylic oxidation sites excluding steroid dienone is 1. The molecule has 0 bridgehead atoms. The number of hydrogen-bond donors (Lipinski definition) is 0. The maximum atomic E-state index is 12.7. The summed E-state index contributed by atoms with van der Waals surface area (Å²) in [6.45, 7) is 0.228. The van der Waals surface area contributed by atoms with Gasteiger partial charge in [0.15, 0.2) is 17.3 Å². The normalized spacial score (nSPS) is 17.3. The second-order valence-corrected chi connectivity index (χ2v) is 5.60. The van der Waals surface area contributed by atoms with Crippen molar-refractivity contribution in [1.29, 1.82) is 0 Å². The first-order valence-electron chi connectivity index (χ1n) is 7.57. The number of carbonyl (C=O) groups excluding carboxylic acids is 1. The number of benzene rings is 2. The number of methoxy groups -OCH3 is 1. The van der Waals surface area contributed by atoms with Gasteiger partial charge in [0.25, 0.3) is 0 Å². The van der Waals surface area contributed by atoms with E-state index in [0.29, 0.717) is 12.2 Å². The number of carbonyl (C=O) groups is 1. The van der Waals surface area contributed by atoms with Crippen LogP contribution in [0.2, 0.25) is 0 Å². The lowest BCUT2D eigenvalue weighted by atomic mass is 9.86. The number of ketones is 1. The molecule has 0 saturated heterocycles. The fraction of sp³-hybridized carbons (Fsp3) is 0.211. The van der Waals surface area contributed by atoms with Gasteiger partial charge in [0, 0.05) is 16.7 Å². The van der Waals surface area contributed by atoms with Crippen LogP contribution < -0.4 is 14.2 Å². The Morgan fingerprint density at radius 3 is 2.91 bits per heavy atom. The first-order chi connectivity index (χ1) is 11.3. The Labute approximate surface area is 134 Å². The molecule has 0 saturated carbocycles. The lowest BCUT2D eigenvalue weighted by Crippen LogP contribution is -2.14. The molecule has 2 aromatic carbocycles. The molecule has 4 nitrogen and oxygen atoms in total. The Morgan fingerprint density at radius 2 is 2.04 bits per heavy atom. The van der Waals surface area contributed by atoms with Crippen LogP contribution in [0.15, 0.2) is 42.0 Å². The van der Waals surface area contributed by atoms with Gasteiger partial charge in [-0.3, -0.25) is 4.79 Å². The summed E-state index contributed by atoms with van der Waals surface area (Å²) in [5, 5.41) is 0. The summed E-state index contributed by atoms with van der Waals surface area (Å²) < 4.78 is 16.1. The third-order valence-electron chi connectivity index (χ3n) is 4.27. The number of fused-ring (bicyclic) bond motifs is 2. The summed E-state index contributed by atoms with van der Waals surface area (Å²) in [7, 11) is 1.63. The molecule has 0 amide bonds. The van der Waals surface area contributed by atoms with Crippen molar-refractivity contribution in [3.05, 3.63) is 58.7 Å². The van der Waals surface area contributed by atoms with Gasteiger partial charge >= 0.3 is 0 Å². The van der Waals surface area contributed by atoms with E-state index in [-0.39, 0.29) is 12.6 Å². The van der Waals surface area contributed by atoms with E-state index >= 15 is 0 Å². The molecule has 4 heteroatoms. The molecule has 0 radical (unpaired) electrons. The van der Waals surface area contributed by atoms with Crippen molar-refractivity contribution in [2.75, 3.05) is 13.9 Å². The van der Waals surface area contributed by atoms with Crippen LogP contribution >= 0.6 is 0 Å². The van der Waals surface area contributed by atoms with Gasteiger partial charge in [-0.05, 0) is 48.7 Å². The first kappa shape index (κ1) is 13.9. The Hall–Kier alpha value is -2.75.